The Labute approximate surface area is 121 Å². The molecule has 0 aliphatic carbocycles. The van der Waals surface area contributed by atoms with Crippen LogP contribution in [0.5, 0.6) is 0 Å². The van der Waals surface area contributed by atoms with Gasteiger partial charge in [-0.15, -0.1) is 5.10 Å². The number of nitrogens with two attached hydrogens (primary N) is 1. The van der Waals surface area contributed by atoms with Crippen molar-refractivity contribution in [1.82, 2.24) is 20.0 Å². The molecule has 2 N–H and O–H groups in total. The highest BCUT2D eigenvalue weighted by atomic mass is 35.5. The van der Waals surface area contributed by atoms with Crippen LogP contribution in [0, 0.1) is 6.92 Å². The maximum Gasteiger partial charge on any atom is 0.155 e. The van der Waals surface area contributed by atoms with Gasteiger partial charge >= 0.3 is 0 Å². The number of anilines is 1. The number of hydrogen-bond donors (Lipinski definition) is 1. The molecule has 0 saturated heterocycles. The summed E-state index contributed by atoms with van der Waals surface area (Å²) in [6, 6.07) is 9.32. The summed E-state index contributed by atoms with van der Waals surface area (Å²) in [5, 5.41) is 8.90. The molecule has 0 fully saturated rings. The summed E-state index contributed by atoms with van der Waals surface area (Å²) < 4.78 is 1.57. The number of rotatable bonds is 2. The van der Waals surface area contributed by atoms with E-state index < -0.39 is 0 Å². The van der Waals surface area contributed by atoms with E-state index in [-0.39, 0.29) is 0 Å². The smallest absolute Gasteiger partial charge is 0.155 e. The van der Waals surface area contributed by atoms with Gasteiger partial charge in [-0.25, -0.2) is 0 Å². The number of halogens is 1. The second-order valence-electron chi connectivity index (χ2n) is 4.40. The first-order valence-corrected chi connectivity index (χ1v) is 6.42. The quantitative estimate of drug-likeness (QED) is 0.786. The molecule has 5 nitrogen and oxygen atoms in total. The Morgan fingerprint density at radius 1 is 1.15 bits per heavy atom. The minimum atomic E-state index is 0.469. The summed E-state index contributed by atoms with van der Waals surface area (Å²) in [6.45, 7) is 1.94. The standard InChI is InChI=1S/C14H12ClN5/c1-9-2-3-11(8-12(9)15)20-14(16)13(18-19-20)10-4-6-17-7-5-10/h2-8H,16H2,1H3. The molecule has 0 saturated carbocycles. The third-order valence-corrected chi connectivity index (χ3v) is 3.47. The lowest BCUT2D eigenvalue weighted by molar-refractivity contribution is 0.810. The third kappa shape index (κ3) is 2.12. The predicted molar refractivity (Wildman–Crippen MR) is 78.7 cm³/mol. The second-order valence-corrected chi connectivity index (χ2v) is 4.81. The van der Waals surface area contributed by atoms with Crippen molar-refractivity contribution in [1.29, 1.82) is 0 Å². The van der Waals surface area contributed by atoms with Crippen molar-refractivity contribution < 1.29 is 0 Å². The van der Waals surface area contributed by atoms with Crippen molar-refractivity contribution in [2.75, 3.05) is 5.73 Å². The minimum absolute atomic E-state index is 0.469. The number of benzene rings is 1. The molecule has 0 unspecified atom stereocenters. The summed E-state index contributed by atoms with van der Waals surface area (Å²) in [5.41, 5.74) is 9.42. The molecule has 100 valence electrons. The van der Waals surface area contributed by atoms with Crippen LogP contribution in [0.15, 0.2) is 42.7 Å². The third-order valence-electron chi connectivity index (χ3n) is 3.06. The van der Waals surface area contributed by atoms with Crippen molar-refractivity contribution in [2.24, 2.45) is 0 Å². The molecule has 2 aromatic heterocycles. The molecule has 3 rings (SSSR count). The molecule has 0 radical (unpaired) electrons. The van der Waals surface area contributed by atoms with Crippen molar-refractivity contribution in [2.45, 2.75) is 6.92 Å². The molecule has 0 atom stereocenters. The molecule has 6 heteroatoms. The highest BCUT2D eigenvalue weighted by molar-refractivity contribution is 6.31. The van der Waals surface area contributed by atoms with Crippen molar-refractivity contribution in [3.63, 3.8) is 0 Å². The first-order valence-electron chi connectivity index (χ1n) is 6.05. The van der Waals surface area contributed by atoms with Crippen molar-refractivity contribution >= 4 is 17.4 Å². The fourth-order valence-corrected chi connectivity index (χ4v) is 2.08. The van der Waals surface area contributed by atoms with E-state index in [4.69, 9.17) is 17.3 Å². The van der Waals surface area contributed by atoms with Gasteiger partial charge in [-0.2, -0.15) is 4.68 Å². The zero-order chi connectivity index (χ0) is 14.1. The molecule has 0 spiro atoms. The Morgan fingerprint density at radius 3 is 2.60 bits per heavy atom. The van der Waals surface area contributed by atoms with Crippen LogP contribution in [0.4, 0.5) is 5.82 Å². The van der Waals surface area contributed by atoms with Gasteiger partial charge in [-0.05, 0) is 36.8 Å². The van der Waals surface area contributed by atoms with E-state index in [0.29, 0.717) is 16.5 Å². The first-order chi connectivity index (χ1) is 9.66. The van der Waals surface area contributed by atoms with Gasteiger partial charge in [0.2, 0.25) is 0 Å². The van der Waals surface area contributed by atoms with Crippen LogP contribution in [0.2, 0.25) is 5.02 Å². The zero-order valence-electron chi connectivity index (χ0n) is 10.8. The maximum atomic E-state index is 6.13. The Kier molecular flexibility index (Phi) is 3.12. The number of pyridine rings is 1. The van der Waals surface area contributed by atoms with Gasteiger partial charge in [-0.1, -0.05) is 22.9 Å². The lowest BCUT2D eigenvalue weighted by Gasteiger charge is -2.05. The van der Waals surface area contributed by atoms with Crippen LogP contribution in [0.3, 0.4) is 0 Å². The monoisotopic (exact) mass is 285 g/mol. The van der Waals surface area contributed by atoms with Gasteiger partial charge in [0.15, 0.2) is 5.82 Å². The topological polar surface area (TPSA) is 69.6 Å². The molecule has 0 aliphatic rings. The van der Waals surface area contributed by atoms with Crippen LogP contribution in [-0.2, 0) is 0 Å². The van der Waals surface area contributed by atoms with E-state index in [1.54, 1.807) is 17.1 Å². The van der Waals surface area contributed by atoms with Gasteiger partial charge in [0, 0.05) is 23.0 Å². The lowest BCUT2D eigenvalue weighted by Crippen LogP contribution is -2.02. The molecule has 0 amide bonds. The molecule has 20 heavy (non-hydrogen) atoms. The predicted octanol–water partition coefficient (Wildman–Crippen LogP) is 2.87. The Hall–Kier alpha value is -2.40. The molecule has 0 bridgehead atoms. The maximum absolute atomic E-state index is 6.13. The van der Waals surface area contributed by atoms with Crippen LogP contribution in [0.1, 0.15) is 5.56 Å². The van der Waals surface area contributed by atoms with Crippen LogP contribution < -0.4 is 5.73 Å². The van der Waals surface area contributed by atoms with E-state index >= 15 is 0 Å². The van der Waals surface area contributed by atoms with Crippen LogP contribution in [-0.4, -0.2) is 20.0 Å². The summed E-state index contributed by atoms with van der Waals surface area (Å²) in [4.78, 5) is 3.97. The van der Waals surface area contributed by atoms with Crippen molar-refractivity contribution in [3.8, 4) is 16.9 Å². The Balaban J connectivity index is 2.08. The molecule has 3 aromatic rings. The normalized spacial score (nSPS) is 10.7. The highest BCUT2D eigenvalue weighted by Gasteiger charge is 2.13. The SMILES string of the molecule is Cc1ccc(-n2nnc(-c3ccncc3)c2N)cc1Cl. The number of aromatic nitrogens is 4. The summed E-state index contributed by atoms with van der Waals surface area (Å²) in [5.74, 6) is 0.469. The fraction of sp³-hybridized carbons (Fsp3) is 0.0714. The van der Waals surface area contributed by atoms with E-state index in [1.165, 1.54) is 0 Å². The molecule has 2 heterocycles. The Morgan fingerprint density at radius 2 is 1.90 bits per heavy atom. The van der Waals surface area contributed by atoms with Gasteiger partial charge in [-0.3, -0.25) is 4.98 Å². The minimum Gasteiger partial charge on any atom is -0.382 e. The number of nitrogens with zero attached hydrogens (tertiary/aromatic N) is 4. The van der Waals surface area contributed by atoms with E-state index in [0.717, 1.165) is 16.8 Å². The first kappa shape index (κ1) is 12.6. The lowest BCUT2D eigenvalue weighted by atomic mass is 10.2. The van der Waals surface area contributed by atoms with Crippen molar-refractivity contribution in [3.05, 3.63) is 53.3 Å². The molecular formula is C14H12ClN5. The average Bonchev–Trinajstić information content (AvgIpc) is 2.85. The number of aryl methyl sites for hydroxylation is 1. The average molecular weight is 286 g/mol. The second kappa shape index (κ2) is 4.94. The van der Waals surface area contributed by atoms with Gasteiger partial charge in [0.25, 0.3) is 0 Å². The summed E-state index contributed by atoms with van der Waals surface area (Å²) in [7, 11) is 0. The zero-order valence-corrected chi connectivity index (χ0v) is 11.5. The highest BCUT2D eigenvalue weighted by Crippen LogP contribution is 2.26. The Bertz CT molecular complexity index is 752. The summed E-state index contributed by atoms with van der Waals surface area (Å²) >= 11 is 6.13. The largest absolute Gasteiger partial charge is 0.382 e. The molecule has 0 aliphatic heterocycles. The van der Waals surface area contributed by atoms with Crippen LogP contribution >= 0.6 is 11.6 Å². The fourth-order valence-electron chi connectivity index (χ4n) is 1.91. The number of hydrogen-bond acceptors (Lipinski definition) is 4. The molecule has 1 aromatic carbocycles. The van der Waals surface area contributed by atoms with E-state index in [1.807, 2.05) is 37.3 Å². The molecular weight excluding hydrogens is 274 g/mol. The summed E-state index contributed by atoms with van der Waals surface area (Å²) in [6.07, 6.45) is 3.38. The van der Waals surface area contributed by atoms with E-state index in [2.05, 4.69) is 15.3 Å². The van der Waals surface area contributed by atoms with Crippen LogP contribution in [0.25, 0.3) is 16.9 Å². The van der Waals surface area contributed by atoms with Gasteiger partial charge in [0.05, 0.1) is 5.69 Å². The number of nitrogen functional groups attached to an aromatic ring is 1. The van der Waals surface area contributed by atoms with Gasteiger partial charge in [0.1, 0.15) is 5.69 Å². The van der Waals surface area contributed by atoms with E-state index in [9.17, 15) is 0 Å². The van der Waals surface area contributed by atoms with Gasteiger partial charge < -0.3 is 5.73 Å².